The lowest BCUT2D eigenvalue weighted by atomic mass is 10.1. The fourth-order valence-corrected chi connectivity index (χ4v) is 3.89. The average molecular weight is 467 g/mol. The van der Waals surface area contributed by atoms with Crippen LogP contribution in [-0.2, 0) is 16.1 Å². The van der Waals surface area contributed by atoms with E-state index in [4.69, 9.17) is 9.47 Å². The molecule has 0 fully saturated rings. The van der Waals surface area contributed by atoms with Crippen LogP contribution in [0.4, 0.5) is 0 Å². The second-order valence-electron chi connectivity index (χ2n) is 9.01. The Kier molecular flexibility index (Phi) is 14.5. The van der Waals surface area contributed by atoms with E-state index in [-0.39, 0.29) is 18.8 Å². The number of carbonyl (C=O) groups is 2. The zero-order valence-corrected chi connectivity index (χ0v) is 20.9. The third kappa shape index (κ3) is 12.6. The summed E-state index contributed by atoms with van der Waals surface area (Å²) in [6.45, 7) is 3.13. The maximum atomic E-state index is 12.3. The number of ketones is 1. The molecule has 0 aliphatic carbocycles. The van der Waals surface area contributed by atoms with Crippen LogP contribution in [0.15, 0.2) is 54.6 Å². The van der Waals surface area contributed by atoms with E-state index in [2.05, 4.69) is 6.92 Å². The highest BCUT2D eigenvalue weighted by atomic mass is 16.5. The van der Waals surface area contributed by atoms with Crippen molar-refractivity contribution in [1.29, 1.82) is 0 Å². The zero-order valence-electron chi connectivity index (χ0n) is 20.9. The van der Waals surface area contributed by atoms with Crippen LogP contribution in [0.25, 0.3) is 0 Å². The molecule has 0 saturated heterocycles. The summed E-state index contributed by atoms with van der Waals surface area (Å²) in [5.74, 6) is -0.00185. The predicted octanol–water partition coefficient (Wildman–Crippen LogP) is 8.08. The molecule has 0 heterocycles. The van der Waals surface area contributed by atoms with Crippen molar-refractivity contribution in [2.75, 3.05) is 6.61 Å². The van der Waals surface area contributed by atoms with Crippen molar-refractivity contribution in [3.63, 3.8) is 0 Å². The van der Waals surface area contributed by atoms with Crippen molar-refractivity contribution >= 4 is 11.8 Å². The van der Waals surface area contributed by atoms with Crippen LogP contribution in [0.1, 0.15) is 106 Å². The van der Waals surface area contributed by atoms with Crippen molar-refractivity contribution < 1.29 is 19.1 Å². The Balaban J connectivity index is 1.50. The van der Waals surface area contributed by atoms with Gasteiger partial charge in [-0.1, -0.05) is 108 Å². The van der Waals surface area contributed by atoms with E-state index in [0.29, 0.717) is 12.2 Å². The van der Waals surface area contributed by atoms with Crippen LogP contribution in [0.5, 0.6) is 5.75 Å². The van der Waals surface area contributed by atoms with E-state index in [9.17, 15) is 9.59 Å². The first-order valence-corrected chi connectivity index (χ1v) is 13.1. The number of hydrogen-bond donors (Lipinski definition) is 0. The second-order valence-corrected chi connectivity index (χ2v) is 9.01. The first-order valence-electron chi connectivity index (χ1n) is 13.1. The van der Waals surface area contributed by atoms with Gasteiger partial charge in [-0.2, -0.15) is 0 Å². The lowest BCUT2D eigenvalue weighted by Gasteiger charge is -2.08. The summed E-state index contributed by atoms with van der Waals surface area (Å²) in [5, 5.41) is 0. The first-order chi connectivity index (χ1) is 16.7. The molecule has 34 heavy (non-hydrogen) atoms. The van der Waals surface area contributed by atoms with Crippen molar-refractivity contribution in [2.45, 2.75) is 97.0 Å². The third-order valence-corrected chi connectivity index (χ3v) is 5.99. The summed E-state index contributed by atoms with van der Waals surface area (Å²) in [6, 6.07) is 16.4. The maximum absolute atomic E-state index is 12.3. The van der Waals surface area contributed by atoms with E-state index in [1.54, 1.807) is 24.3 Å². The predicted molar refractivity (Wildman–Crippen MR) is 138 cm³/mol. The zero-order chi connectivity index (χ0) is 24.3. The Morgan fingerprint density at radius 1 is 0.676 bits per heavy atom. The molecule has 0 saturated carbocycles. The summed E-state index contributed by atoms with van der Waals surface area (Å²) in [5.41, 5.74) is 1.40. The minimum Gasteiger partial charge on any atom is -0.494 e. The van der Waals surface area contributed by atoms with Crippen molar-refractivity contribution in [3.05, 3.63) is 65.7 Å². The van der Waals surface area contributed by atoms with Crippen molar-refractivity contribution in [1.82, 2.24) is 0 Å². The summed E-state index contributed by atoms with van der Waals surface area (Å²) in [6.07, 6.45) is 15.6. The van der Waals surface area contributed by atoms with Crippen molar-refractivity contribution in [2.24, 2.45) is 0 Å². The molecule has 2 aromatic carbocycles. The van der Waals surface area contributed by atoms with Gasteiger partial charge >= 0.3 is 5.97 Å². The molecular weight excluding hydrogens is 424 g/mol. The highest BCUT2D eigenvalue weighted by molar-refractivity contribution is 6.05. The Labute approximate surface area is 206 Å². The Morgan fingerprint density at radius 2 is 1.24 bits per heavy atom. The molecule has 0 aromatic heterocycles. The summed E-state index contributed by atoms with van der Waals surface area (Å²) in [4.78, 5) is 24.3. The summed E-state index contributed by atoms with van der Waals surface area (Å²) in [7, 11) is 0. The van der Waals surface area contributed by atoms with Gasteiger partial charge in [-0.15, -0.1) is 0 Å². The van der Waals surface area contributed by atoms with E-state index >= 15 is 0 Å². The van der Waals surface area contributed by atoms with Crippen LogP contribution in [-0.4, -0.2) is 18.4 Å². The number of esters is 1. The van der Waals surface area contributed by atoms with Crippen LogP contribution >= 0.6 is 0 Å². The molecule has 0 amide bonds. The number of rotatable bonds is 19. The lowest BCUT2D eigenvalue weighted by Crippen LogP contribution is -2.11. The Hall–Kier alpha value is -2.62. The molecule has 0 unspecified atom stereocenters. The number of hydrogen-bond acceptors (Lipinski definition) is 4. The molecule has 0 bridgehead atoms. The van der Waals surface area contributed by atoms with E-state index in [1.807, 2.05) is 30.3 Å². The number of benzene rings is 2. The topological polar surface area (TPSA) is 52.6 Å². The van der Waals surface area contributed by atoms with Gasteiger partial charge in [0.2, 0.25) is 0 Å². The van der Waals surface area contributed by atoms with Gasteiger partial charge in [0, 0.05) is 5.56 Å². The number of ether oxygens (including phenoxy) is 2. The standard InChI is InChI=1S/C30H42O4/c1-2-3-4-5-6-7-8-9-10-11-12-16-23-33-28-21-19-27(20-22-28)29(31)24-30(32)34-25-26-17-14-13-15-18-26/h13-15,17-22H,2-12,16,23-25H2,1H3. The van der Waals surface area contributed by atoms with E-state index in [1.165, 1.54) is 70.6 Å². The minimum atomic E-state index is -0.513. The molecule has 2 rings (SSSR count). The lowest BCUT2D eigenvalue weighted by molar-refractivity contribution is -0.143. The largest absolute Gasteiger partial charge is 0.494 e. The van der Waals surface area contributed by atoms with Crippen LogP contribution in [0.3, 0.4) is 0 Å². The molecule has 0 aliphatic heterocycles. The average Bonchev–Trinajstić information content (AvgIpc) is 2.86. The fraction of sp³-hybridized carbons (Fsp3) is 0.533. The van der Waals surface area contributed by atoms with Gasteiger partial charge in [-0.25, -0.2) is 0 Å². The van der Waals surface area contributed by atoms with Gasteiger partial charge in [0.1, 0.15) is 18.8 Å². The molecule has 0 atom stereocenters. The SMILES string of the molecule is CCCCCCCCCCCCCCOc1ccc(C(=O)CC(=O)OCc2ccccc2)cc1. The summed E-state index contributed by atoms with van der Waals surface area (Å²) >= 11 is 0. The highest BCUT2D eigenvalue weighted by Crippen LogP contribution is 2.16. The molecule has 4 heteroatoms. The Morgan fingerprint density at radius 3 is 1.82 bits per heavy atom. The van der Waals surface area contributed by atoms with E-state index < -0.39 is 5.97 Å². The second kappa shape index (κ2) is 17.8. The monoisotopic (exact) mass is 466 g/mol. The number of Topliss-reactive ketones (excluding diaryl/α,β-unsaturated/α-hetero) is 1. The molecule has 0 aliphatic rings. The van der Waals surface area contributed by atoms with Crippen LogP contribution in [0.2, 0.25) is 0 Å². The molecule has 0 radical (unpaired) electrons. The Bertz CT molecular complexity index is 798. The molecule has 0 spiro atoms. The normalized spacial score (nSPS) is 10.7. The molecule has 2 aromatic rings. The molecular formula is C30H42O4. The fourth-order valence-electron chi connectivity index (χ4n) is 3.89. The molecule has 186 valence electrons. The highest BCUT2D eigenvalue weighted by Gasteiger charge is 2.13. The van der Waals surface area contributed by atoms with Gasteiger partial charge < -0.3 is 9.47 Å². The van der Waals surface area contributed by atoms with Gasteiger partial charge in [-0.05, 0) is 36.2 Å². The van der Waals surface area contributed by atoms with Gasteiger partial charge in [0.15, 0.2) is 5.78 Å². The minimum absolute atomic E-state index is 0.179. The summed E-state index contributed by atoms with van der Waals surface area (Å²) < 4.78 is 11.0. The molecule has 4 nitrogen and oxygen atoms in total. The van der Waals surface area contributed by atoms with Crippen LogP contribution < -0.4 is 4.74 Å². The third-order valence-electron chi connectivity index (χ3n) is 5.99. The van der Waals surface area contributed by atoms with Gasteiger partial charge in [0.05, 0.1) is 6.61 Å². The van der Waals surface area contributed by atoms with Crippen LogP contribution in [0, 0.1) is 0 Å². The number of carbonyl (C=O) groups excluding carboxylic acids is 2. The van der Waals surface area contributed by atoms with Crippen molar-refractivity contribution in [3.8, 4) is 5.75 Å². The smallest absolute Gasteiger partial charge is 0.314 e. The number of unbranched alkanes of at least 4 members (excludes halogenated alkanes) is 11. The maximum Gasteiger partial charge on any atom is 0.314 e. The van der Waals surface area contributed by atoms with E-state index in [0.717, 1.165) is 17.7 Å². The quantitative estimate of drug-likeness (QED) is 0.0908. The first kappa shape index (κ1) is 27.6. The molecule has 0 N–H and O–H groups in total. The van der Waals surface area contributed by atoms with Gasteiger partial charge in [-0.3, -0.25) is 9.59 Å². The van der Waals surface area contributed by atoms with Gasteiger partial charge in [0.25, 0.3) is 0 Å².